The average Bonchev–Trinajstić information content (AvgIpc) is 3.02. The molecule has 16 heavy (non-hydrogen) atoms. The number of nitrogens with one attached hydrogen (secondary N) is 2. The van der Waals surface area contributed by atoms with E-state index in [1.54, 1.807) is 6.07 Å². The minimum absolute atomic E-state index is 0.0873. The fourth-order valence-electron chi connectivity index (χ4n) is 2.33. The Balaban J connectivity index is 2.08. The van der Waals surface area contributed by atoms with Crippen LogP contribution in [0.4, 0.5) is 15.8 Å². The number of benzene rings is 1. The third-order valence-electron chi connectivity index (χ3n) is 3.37. The van der Waals surface area contributed by atoms with Crippen LogP contribution in [0.5, 0.6) is 0 Å². The molecule has 0 bridgehead atoms. The van der Waals surface area contributed by atoms with E-state index >= 15 is 0 Å². The molecule has 3 rings (SSSR count). The standard InChI is InChI=1S/C13H17FN2/c1-13(2)7-15-11-9(8-3-4-8)5-6-10(14)12(11)16-13/h5-6,8,15-16H,3-4,7H2,1-2H3. The Bertz CT molecular complexity index is 436. The molecule has 1 fully saturated rings. The van der Waals surface area contributed by atoms with Crippen LogP contribution in [0, 0.1) is 5.82 Å². The van der Waals surface area contributed by atoms with Crippen LogP contribution in [0.15, 0.2) is 12.1 Å². The fraction of sp³-hybridized carbons (Fsp3) is 0.538. The van der Waals surface area contributed by atoms with E-state index < -0.39 is 0 Å². The maximum Gasteiger partial charge on any atom is 0.148 e. The molecule has 0 aromatic heterocycles. The second kappa shape index (κ2) is 3.12. The zero-order valence-corrected chi connectivity index (χ0v) is 9.73. The van der Waals surface area contributed by atoms with Crippen LogP contribution in [0.1, 0.15) is 38.2 Å². The van der Waals surface area contributed by atoms with Gasteiger partial charge in [-0.1, -0.05) is 6.07 Å². The number of halogens is 1. The van der Waals surface area contributed by atoms with Gasteiger partial charge in [0.15, 0.2) is 0 Å². The Labute approximate surface area is 95.2 Å². The number of hydrogen-bond acceptors (Lipinski definition) is 2. The highest BCUT2D eigenvalue weighted by Gasteiger charge is 2.32. The summed E-state index contributed by atoms with van der Waals surface area (Å²) < 4.78 is 13.8. The van der Waals surface area contributed by atoms with Gasteiger partial charge < -0.3 is 10.6 Å². The molecule has 1 saturated carbocycles. The molecule has 0 saturated heterocycles. The molecular formula is C13H17FN2. The van der Waals surface area contributed by atoms with Crippen LogP contribution in [-0.4, -0.2) is 12.1 Å². The summed E-state index contributed by atoms with van der Waals surface area (Å²) in [6.07, 6.45) is 2.48. The first-order chi connectivity index (χ1) is 7.57. The number of rotatable bonds is 1. The summed E-state index contributed by atoms with van der Waals surface area (Å²) in [6.45, 7) is 4.99. The van der Waals surface area contributed by atoms with Crippen molar-refractivity contribution in [2.75, 3.05) is 17.2 Å². The summed E-state index contributed by atoms with van der Waals surface area (Å²) in [5, 5.41) is 6.67. The van der Waals surface area contributed by atoms with Crippen molar-refractivity contribution in [3.8, 4) is 0 Å². The van der Waals surface area contributed by atoms with Crippen molar-refractivity contribution in [1.82, 2.24) is 0 Å². The molecule has 86 valence electrons. The molecule has 0 spiro atoms. The lowest BCUT2D eigenvalue weighted by Gasteiger charge is -2.36. The molecule has 2 aliphatic rings. The SMILES string of the molecule is CC1(C)CNc2c(C3CC3)ccc(F)c2N1. The van der Waals surface area contributed by atoms with Gasteiger partial charge in [-0.2, -0.15) is 0 Å². The highest BCUT2D eigenvalue weighted by molar-refractivity contribution is 5.77. The van der Waals surface area contributed by atoms with E-state index in [-0.39, 0.29) is 11.4 Å². The topological polar surface area (TPSA) is 24.1 Å². The predicted octanol–water partition coefficient (Wildman–Crippen LogP) is 3.32. The summed E-state index contributed by atoms with van der Waals surface area (Å²) in [4.78, 5) is 0. The first-order valence-corrected chi connectivity index (χ1v) is 5.91. The maximum atomic E-state index is 13.8. The Morgan fingerprint density at radius 2 is 2.00 bits per heavy atom. The van der Waals surface area contributed by atoms with E-state index in [9.17, 15) is 4.39 Å². The van der Waals surface area contributed by atoms with E-state index in [4.69, 9.17) is 0 Å². The number of fused-ring (bicyclic) bond motifs is 1. The zero-order chi connectivity index (χ0) is 11.3. The molecular weight excluding hydrogens is 203 g/mol. The first-order valence-electron chi connectivity index (χ1n) is 5.91. The van der Waals surface area contributed by atoms with E-state index in [0.29, 0.717) is 11.6 Å². The first kappa shape index (κ1) is 9.94. The van der Waals surface area contributed by atoms with Gasteiger partial charge in [0, 0.05) is 12.1 Å². The van der Waals surface area contributed by atoms with Crippen LogP contribution in [0.3, 0.4) is 0 Å². The summed E-state index contributed by atoms with van der Waals surface area (Å²) in [5.74, 6) is 0.490. The largest absolute Gasteiger partial charge is 0.381 e. The van der Waals surface area contributed by atoms with Gasteiger partial charge in [-0.05, 0) is 44.2 Å². The summed E-state index contributed by atoms with van der Waals surface area (Å²) in [6, 6.07) is 3.52. The smallest absolute Gasteiger partial charge is 0.148 e. The van der Waals surface area contributed by atoms with Gasteiger partial charge in [-0.3, -0.25) is 0 Å². The van der Waals surface area contributed by atoms with Gasteiger partial charge in [-0.15, -0.1) is 0 Å². The van der Waals surface area contributed by atoms with Crippen LogP contribution < -0.4 is 10.6 Å². The monoisotopic (exact) mass is 220 g/mol. The summed E-state index contributed by atoms with van der Waals surface area (Å²) >= 11 is 0. The zero-order valence-electron chi connectivity index (χ0n) is 9.73. The van der Waals surface area contributed by atoms with Gasteiger partial charge in [0.25, 0.3) is 0 Å². The summed E-state index contributed by atoms with van der Waals surface area (Å²) in [7, 11) is 0. The Kier molecular flexibility index (Phi) is 1.94. The minimum Gasteiger partial charge on any atom is -0.381 e. The van der Waals surface area contributed by atoms with E-state index in [1.807, 2.05) is 6.07 Å². The second-order valence-corrected chi connectivity index (χ2v) is 5.52. The molecule has 0 atom stereocenters. The third kappa shape index (κ3) is 1.55. The Morgan fingerprint density at radius 3 is 2.69 bits per heavy atom. The number of hydrogen-bond donors (Lipinski definition) is 2. The van der Waals surface area contributed by atoms with Gasteiger partial charge >= 0.3 is 0 Å². The van der Waals surface area contributed by atoms with Crippen molar-refractivity contribution in [2.45, 2.75) is 38.1 Å². The normalized spacial score (nSPS) is 21.9. The molecule has 1 aliphatic carbocycles. The van der Waals surface area contributed by atoms with Crippen LogP contribution >= 0.6 is 0 Å². The lowest BCUT2D eigenvalue weighted by Crippen LogP contribution is -2.42. The Morgan fingerprint density at radius 1 is 1.25 bits per heavy atom. The molecule has 0 radical (unpaired) electrons. The van der Waals surface area contributed by atoms with E-state index in [0.717, 1.165) is 12.2 Å². The van der Waals surface area contributed by atoms with Gasteiger partial charge in [0.05, 0.1) is 11.4 Å². The fourth-order valence-corrected chi connectivity index (χ4v) is 2.33. The van der Waals surface area contributed by atoms with Gasteiger partial charge in [-0.25, -0.2) is 4.39 Å². The van der Waals surface area contributed by atoms with Crippen molar-refractivity contribution < 1.29 is 4.39 Å². The maximum absolute atomic E-state index is 13.8. The van der Waals surface area contributed by atoms with Crippen molar-refractivity contribution in [2.24, 2.45) is 0 Å². The molecule has 1 heterocycles. The van der Waals surface area contributed by atoms with E-state index in [1.165, 1.54) is 18.4 Å². The third-order valence-corrected chi connectivity index (χ3v) is 3.37. The predicted molar refractivity (Wildman–Crippen MR) is 64.6 cm³/mol. The summed E-state index contributed by atoms with van der Waals surface area (Å²) in [5.41, 5.74) is 2.83. The number of anilines is 2. The molecule has 1 aromatic carbocycles. The lowest BCUT2D eigenvalue weighted by atomic mass is 9.97. The van der Waals surface area contributed by atoms with Crippen LogP contribution in [0.2, 0.25) is 0 Å². The van der Waals surface area contributed by atoms with E-state index in [2.05, 4.69) is 24.5 Å². The second-order valence-electron chi connectivity index (χ2n) is 5.52. The molecule has 0 unspecified atom stereocenters. The van der Waals surface area contributed by atoms with Crippen LogP contribution in [0.25, 0.3) is 0 Å². The molecule has 0 amide bonds. The average molecular weight is 220 g/mol. The van der Waals surface area contributed by atoms with Crippen molar-refractivity contribution in [3.63, 3.8) is 0 Å². The molecule has 2 N–H and O–H groups in total. The Hall–Kier alpha value is -1.25. The van der Waals surface area contributed by atoms with Crippen LogP contribution in [-0.2, 0) is 0 Å². The van der Waals surface area contributed by atoms with Crippen molar-refractivity contribution in [3.05, 3.63) is 23.5 Å². The highest BCUT2D eigenvalue weighted by atomic mass is 19.1. The van der Waals surface area contributed by atoms with Crippen molar-refractivity contribution in [1.29, 1.82) is 0 Å². The van der Waals surface area contributed by atoms with Crippen molar-refractivity contribution >= 4 is 11.4 Å². The lowest BCUT2D eigenvalue weighted by molar-refractivity contribution is 0.566. The van der Waals surface area contributed by atoms with Gasteiger partial charge in [0.1, 0.15) is 5.82 Å². The molecule has 3 heteroatoms. The highest BCUT2D eigenvalue weighted by Crippen LogP contribution is 2.47. The van der Waals surface area contributed by atoms with Gasteiger partial charge in [0.2, 0.25) is 0 Å². The molecule has 2 nitrogen and oxygen atoms in total. The molecule has 1 aliphatic heterocycles. The minimum atomic E-state index is -0.153. The molecule has 1 aromatic rings. The quantitative estimate of drug-likeness (QED) is 0.758.